The van der Waals surface area contributed by atoms with E-state index >= 15 is 0 Å². The van der Waals surface area contributed by atoms with Crippen molar-refractivity contribution in [2.24, 2.45) is 11.8 Å². The summed E-state index contributed by atoms with van der Waals surface area (Å²) in [4.78, 5) is 13.9. The van der Waals surface area contributed by atoms with Crippen LogP contribution >= 0.6 is 11.3 Å². The Balaban J connectivity index is 1.50. The van der Waals surface area contributed by atoms with Crippen molar-refractivity contribution in [2.45, 2.75) is 31.5 Å². The molecule has 2 bridgehead atoms. The first-order valence-corrected chi connectivity index (χ1v) is 9.72. The Kier molecular flexibility index (Phi) is 3.22. The number of rotatable bonds is 3. The second-order valence-corrected chi connectivity index (χ2v) is 8.85. The molecule has 0 aromatic carbocycles. The van der Waals surface area contributed by atoms with E-state index in [1.807, 2.05) is 0 Å². The van der Waals surface area contributed by atoms with Gasteiger partial charge in [-0.1, -0.05) is 0 Å². The molecule has 0 amide bonds. The lowest BCUT2D eigenvalue weighted by Crippen LogP contribution is -2.40. The van der Waals surface area contributed by atoms with Gasteiger partial charge >= 0.3 is 0 Å². The van der Waals surface area contributed by atoms with Crippen LogP contribution in [0.15, 0.2) is 11.7 Å². The first kappa shape index (κ1) is 15.0. The van der Waals surface area contributed by atoms with E-state index in [9.17, 15) is 0 Å². The fraction of sp³-hybridized carbons (Fsp3) is 0.667. The summed E-state index contributed by atoms with van der Waals surface area (Å²) in [5.41, 5.74) is 2.42. The summed E-state index contributed by atoms with van der Waals surface area (Å²) >= 11 is 1.77. The van der Waals surface area contributed by atoms with Crippen LogP contribution in [0.5, 0.6) is 0 Å². The van der Waals surface area contributed by atoms with Crippen molar-refractivity contribution >= 4 is 27.4 Å². The fourth-order valence-electron chi connectivity index (χ4n) is 5.20. The Morgan fingerprint density at radius 1 is 1.42 bits per heavy atom. The number of fused-ring (bicyclic) bond motifs is 2. The Labute approximate surface area is 146 Å². The van der Waals surface area contributed by atoms with Gasteiger partial charge in [0.2, 0.25) is 0 Å². The van der Waals surface area contributed by atoms with Crippen molar-refractivity contribution < 1.29 is 4.74 Å². The van der Waals surface area contributed by atoms with E-state index in [1.165, 1.54) is 23.1 Å². The highest BCUT2D eigenvalue weighted by atomic mass is 32.1. The van der Waals surface area contributed by atoms with Gasteiger partial charge < -0.3 is 14.5 Å². The average molecular weight is 344 g/mol. The average Bonchev–Trinajstić information content (AvgIpc) is 3.28. The highest BCUT2D eigenvalue weighted by molar-refractivity contribution is 7.18. The van der Waals surface area contributed by atoms with Gasteiger partial charge in [-0.05, 0) is 44.8 Å². The Bertz CT molecular complexity index is 790. The van der Waals surface area contributed by atoms with Gasteiger partial charge in [-0.15, -0.1) is 11.3 Å². The minimum atomic E-state index is 0.0644. The maximum absolute atomic E-state index is 6.56. The molecule has 128 valence electrons. The Hall–Kier alpha value is -1.24. The largest absolute Gasteiger partial charge is 0.369 e. The summed E-state index contributed by atoms with van der Waals surface area (Å²) in [5.74, 6) is 2.39. The molecule has 3 aliphatic heterocycles. The molecule has 5 rings (SSSR count). The molecule has 0 unspecified atom stereocenters. The SMILES string of the molecule is Cc1csc2c(N3C[C@@H]4[C@H](CN(C)C)[C@H]5CC[C@]4(C3)O5)ncnc12. The fourth-order valence-corrected chi connectivity index (χ4v) is 6.22. The molecule has 3 aliphatic rings. The molecule has 3 fully saturated rings. The molecule has 2 aromatic rings. The predicted molar refractivity (Wildman–Crippen MR) is 96.7 cm³/mol. The number of ether oxygens (including phenoxy) is 1. The third-order valence-electron chi connectivity index (χ3n) is 6.17. The number of aryl methyl sites for hydroxylation is 1. The minimum absolute atomic E-state index is 0.0644. The van der Waals surface area contributed by atoms with Crippen molar-refractivity contribution in [1.82, 2.24) is 14.9 Å². The highest BCUT2D eigenvalue weighted by Crippen LogP contribution is 2.55. The molecule has 5 nitrogen and oxygen atoms in total. The monoisotopic (exact) mass is 344 g/mol. The molecule has 2 aromatic heterocycles. The number of anilines is 1. The van der Waals surface area contributed by atoms with E-state index in [4.69, 9.17) is 4.74 Å². The number of nitrogens with zero attached hydrogens (tertiary/aromatic N) is 4. The van der Waals surface area contributed by atoms with Crippen molar-refractivity contribution in [1.29, 1.82) is 0 Å². The highest BCUT2D eigenvalue weighted by Gasteiger charge is 2.63. The van der Waals surface area contributed by atoms with Gasteiger partial charge in [-0.3, -0.25) is 0 Å². The molecule has 24 heavy (non-hydrogen) atoms. The van der Waals surface area contributed by atoms with E-state index in [1.54, 1.807) is 17.7 Å². The number of thiophene rings is 1. The van der Waals surface area contributed by atoms with Gasteiger partial charge in [-0.25, -0.2) is 9.97 Å². The summed E-state index contributed by atoms with van der Waals surface area (Å²) in [6.45, 7) is 5.31. The van der Waals surface area contributed by atoms with Crippen LogP contribution in [0.1, 0.15) is 18.4 Å². The van der Waals surface area contributed by atoms with Crippen LogP contribution in [-0.4, -0.2) is 60.3 Å². The lowest BCUT2D eigenvalue weighted by molar-refractivity contribution is 0.0136. The molecule has 0 N–H and O–H groups in total. The summed E-state index contributed by atoms with van der Waals surface area (Å²) < 4.78 is 7.78. The van der Waals surface area contributed by atoms with E-state index in [0.717, 1.165) is 31.0 Å². The molecule has 0 aliphatic carbocycles. The predicted octanol–water partition coefficient (Wildman–Crippen LogP) is 2.55. The topological polar surface area (TPSA) is 41.5 Å². The van der Waals surface area contributed by atoms with Gasteiger partial charge in [-0.2, -0.15) is 0 Å². The van der Waals surface area contributed by atoms with Crippen molar-refractivity contribution in [3.8, 4) is 0 Å². The van der Waals surface area contributed by atoms with E-state index in [2.05, 4.69) is 46.2 Å². The second kappa shape index (κ2) is 5.13. The van der Waals surface area contributed by atoms with Crippen LogP contribution < -0.4 is 4.90 Å². The van der Waals surface area contributed by atoms with Gasteiger partial charge in [0.1, 0.15) is 12.1 Å². The van der Waals surface area contributed by atoms with E-state index < -0.39 is 0 Å². The summed E-state index contributed by atoms with van der Waals surface area (Å²) in [5, 5.41) is 2.19. The summed E-state index contributed by atoms with van der Waals surface area (Å²) in [7, 11) is 4.35. The lowest BCUT2D eigenvalue weighted by Gasteiger charge is -2.30. The zero-order chi connectivity index (χ0) is 16.5. The summed E-state index contributed by atoms with van der Waals surface area (Å²) in [6, 6.07) is 0. The third-order valence-corrected chi connectivity index (χ3v) is 7.25. The first-order valence-electron chi connectivity index (χ1n) is 8.84. The van der Waals surface area contributed by atoms with Crippen LogP contribution in [-0.2, 0) is 4.74 Å². The standard InChI is InChI=1S/C18H24N4OS/c1-11-8-24-16-15(11)19-10-20-17(16)22-7-13-12(6-21(2)3)14-4-5-18(13,9-22)23-14/h8,10,12-14H,4-7,9H2,1-3H3/t12-,13+,14+,18+/m0/s1. The van der Waals surface area contributed by atoms with Crippen LogP contribution in [0.4, 0.5) is 5.82 Å². The first-order chi connectivity index (χ1) is 11.6. The molecule has 1 spiro atoms. The third kappa shape index (κ3) is 1.99. The maximum Gasteiger partial charge on any atom is 0.150 e. The molecular formula is C18H24N4OS. The zero-order valence-corrected chi connectivity index (χ0v) is 15.3. The van der Waals surface area contributed by atoms with Gasteiger partial charge in [0, 0.05) is 31.5 Å². The van der Waals surface area contributed by atoms with Crippen molar-refractivity contribution in [3.05, 3.63) is 17.3 Å². The van der Waals surface area contributed by atoms with Gasteiger partial charge in [0.25, 0.3) is 0 Å². The van der Waals surface area contributed by atoms with Crippen LogP contribution in [0.25, 0.3) is 10.2 Å². The van der Waals surface area contributed by atoms with Gasteiger partial charge in [0.05, 0.1) is 21.9 Å². The maximum atomic E-state index is 6.56. The zero-order valence-electron chi connectivity index (χ0n) is 14.5. The molecule has 5 heterocycles. The van der Waals surface area contributed by atoms with Crippen LogP contribution in [0.3, 0.4) is 0 Å². The van der Waals surface area contributed by atoms with Gasteiger partial charge in [0.15, 0.2) is 0 Å². The Morgan fingerprint density at radius 2 is 2.29 bits per heavy atom. The van der Waals surface area contributed by atoms with E-state index in [0.29, 0.717) is 17.9 Å². The molecule has 0 saturated carbocycles. The lowest BCUT2D eigenvalue weighted by atomic mass is 9.73. The minimum Gasteiger partial charge on any atom is -0.369 e. The quantitative estimate of drug-likeness (QED) is 0.856. The summed E-state index contributed by atoms with van der Waals surface area (Å²) in [6.07, 6.45) is 4.62. The number of aromatic nitrogens is 2. The second-order valence-electron chi connectivity index (χ2n) is 7.97. The van der Waals surface area contributed by atoms with Crippen LogP contribution in [0, 0.1) is 18.8 Å². The molecule has 6 heteroatoms. The van der Waals surface area contributed by atoms with Crippen LogP contribution in [0.2, 0.25) is 0 Å². The normalized spacial score (nSPS) is 34.7. The smallest absolute Gasteiger partial charge is 0.150 e. The molecule has 3 saturated heterocycles. The van der Waals surface area contributed by atoms with Crippen molar-refractivity contribution in [3.63, 3.8) is 0 Å². The molecule has 0 radical (unpaired) electrons. The molecule has 4 atom stereocenters. The van der Waals surface area contributed by atoms with E-state index in [-0.39, 0.29) is 5.60 Å². The van der Waals surface area contributed by atoms with Crippen molar-refractivity contribution in [2.75, 3.05) is 38.6 Å². The molecular weight excluding hydrogens is 320 g/mol. The number of hydrogen-bond acceptors (Lipinski definition) is 6. The Morgan fingerprint density at radius 3 is 3.12 bits per heavy atom. The number of hydrogen-bond donors (Lipinski definition) is 0.